The number of anilines is 2. The van der Waals surface area contributed by atoms with Gasteiger partial charge in [0.05, 0.1) is 19.9 Å². The number of rotatable bonds is 8. The van der Waals surface area contributed by atoms with E-state index in [-0.39, 0.29) is 23.8 Å². The van der Waals surface area contributed by atoms with E-state index in [9.17, 15) is 18.0 Å². The maximum absolute atomic E-state index is 12.3. The number of alkyl halides is 3. The Morgan fingerprint density at radius 2 is 1.71 bits per heavy atom. The molecule has 0 spiro atoms. The van der Waals surface area contributed by atoms with E-state index in [1.165, 1.54) is 20.3 Å². The minimum atomic E-state index is -4.44. The number of halogens is 3. The van der Waals surface area contributed by atoms with Crippen molar-refractivity contribution in [3.63, 3.8) is 0 Å². The summed E-state index contributed by atoms with van der Waals surface area (Å²) in [7, 11) is 2.83. The summed E-state index contributed by atoms with van der Waals surface area (Å²) in [5.74, 6) is 0.436. The molecule has 0 aromatic heterocycles. The summed E-state index contributed by atoms with van der Waals surface area (Å²) in [5.41, 5.74) is 7.46. The van der Waals surface area contributed by atoms with Gasteiger partial charge in [-0.25, -0.2) is 0 Å². The largest absolute Gasteiger partial charge is 0.495 e. The summed E-state index contributed by atoms with van der Waals surface area (Å²) < 4.78 is 51.7. The molecule has 0 saturated carbocycles. The van der Waals surface area contributed by atoms with Crippen LogP contribution in [0.4, 0.5) is 24.5 Å². The monoisotopic (exact) mass is 398 g/mol. The van der Waals surface area contributed by atoms with Gasteiger partial charge in [-0.05, 0) is 42.3 Å². The second kappa shape index (κ2) is 9.20. The Morgan fingerprint density at radius 3 is 2.32 bits per heavy atom. The van der Waals surface area contributed by atoms with Crippen molar-refractivity contribution in [3.8, 4) is 17.2 Å². The number of nitrogens with one attached hydrogen (secondary N) is 1. The summed E-state index contributed by atoms with van der Waals surface area (Å²) in [5, 5.41) is 2.73. The highest BCUT2D eigenvalue weighted by atomic mass is 19.4. The van der Waals surface area contributed by atoms with Crippen molar-refractivity contribution in [1.29, 1.82) is 0 Å². The van der Waals surface area contributed by atoms with Crippen molar-refractivity contribution in [1.82, 2.24) is 0 Å². The predicted octanol–water partition coefficient (Wildman–Crippen LogP) is 3.80. The molecule has 152 valence electrons. The van der Waals surface area contributed by atoms with Gasteiger partial charge < -0.3 is 25.3 Å². The normalized spacial score (nSPS) is 11.0. The predicted molar refractivity (Wildman–Crippen MR) is 98.9 cm³/mol. The van der Waals surface area contributed by atoms with Crippen molar-refractivity contribution in [2.75, 3.05) is 31.9 Å². The van der Waals surface area contributed by atoms with Gasteiger partial charge in [-0.15, -0.1) is 0 Å². The zero-order valence-electron chi connectivity index (χ0n) is 15.4. The highest BCUT2D eigenvalue weighted by molar-refractivity contribution is 5.91. The van der Waals surface area contributed by atoms with Crippen LogP contribution in [0.5, 0.6) is 17.2 Å². The Bertz CT molecular complexity index is 825. The molecule has 0 saturated heterocycles. The summed E-state index contributed by atoms with van der Waals surface area (Å²) in [6, 6.07) is 9.43. The molecule has 2 aromatic carbocycles. The van der Waals surface area contributed by atoms with Crippen molar-refractivity contribution < 1.29 is 32.2 Å². The van der Waals surface area contributed by atoms with Crippen LogP contribution in [0.15, 0.2) is 36.4 Å². The maximum Gasteiger partial charge on any atom is 0.422 e. The standard InChI is InChI=1S/C19H21F3N2O4/c1-26-15-7-5-13(10-14(15)23)24-18(25)8-4-12-3-6-16(17(9-12)27-2)28-11-19(20,21)22/h3,5-7,9-10H,4,8,11,23H2,1-2H3,(H,24,25). The summed E-state index contributed by atoms with van der Waals surface area (Å²) >= 11 is 0. The first-order chi connectivity index (χ1) is 13.2. The average Bonchev–Trinajstić information content (AvgIpc) is 2.64. The number of nitrogen functional groups attached to an aromatic ring is 1. The van der Waals surface area contributed by atoms with Gasteiger partial charge in [0.15, 0.2) is 18.1 Å². The fraction of sp³-hybridized carbons (Fsp3) is 0.316. The van der Waals surface area contributed by atoms with Gasteiger partial charge in [0.2, 0.25) is 5.91 Å². The Kier molecular flexibility index (Phi) is 6.97. The Labute approximate surface area is 160 Å². The number of hydrogen-bond donors (Lipinski definition) is 2. The molecule has 0 unspecified atom stereocenters. The molecule has 6 nitrogen and oxygen atoms in total. The summed E-state index contributed by atoms with van der Waals surface area (Å²) in [6.07, 6.45) is -3.90. The Morgan fingerprint density at radius 1 is 1.04 bits per heavy atom. The van der Waals surface area contributed by atoms with Crippen LogP contribution in [-0.2, 0) is 11.2 Å². The third kappa shape index (κ3) is 6.26. The molecule has 28 heavy (non-hydrogen) atoms. The fourth-order valence-corrected chi connectivity index (χ4v) is 2.44. The zero-order chi connectivity index (χ0) is 20.7. The second-order valence-electron chi connectivity index (χ2n) is 5.89. The molecule has 0 aliphatic heterocycles. The molecular weight excluding hydrogens is 377 g/mol. The van der Waals surface area contributed by atoms with Gasteiger partial charge in [0.25, 0.3) is 0 Å². The SMILES string of the molecule is COc1ccc(NC(=O)CCc2ccc(OCC(F)(F)F)c(OC)c2)cc1N. The molecule has 2 aromatic rings. The quantitative estimate of drug-likeness (QED) is 0.661. The van der Waals surface area contributed by atoms with Gasteiger partial charge in [0, 0.05) is 12.1 Å². The lowest BCUT2D eigenvalue weighted by molar-refractivity contribution is -0.153. The van der Waals surface area contributed by atoms with Gasteiger partial charge in [-0.3, -0.25) is 4.79 Å². The van der Waals surface area contributed by atoms with E-state index in [0.717, 1.165) is 5.56 Å². The lowest BCUT2D eigenvalue weighted by atomic mass is 10.1. The van der Waals surface area contributed by atoms with E-state index in [1.54, 1.807) is 30.3 Å². The first-order valence-electron chi connectivity index (χ1n) is 8.31. The number of aryl methyl sites for hydroxylation is 1. The van der Waals surface area contributed by atoms with Gasteiger partial charge in [-0.2, -0.15) is 13.2 Å². The molecular formula is C19H21F3N2O4. The van der Waals surface area contributed by atoms with E-state index in [1.807, 2.05) is 0 Å². The lowest BCUT2D eigenvalue weighted by Crippen LogP contribution is -2.19. The number of ether oxygens (including phenoxy) is 3. The molecule has 0 bridgehead atoms. The summed E-state index contributed by atoms with van der Waals surface area (Å²) in [6.45, 7) is -1.41. The van der Waals surface area contributed by atoms with Crippen LogP contribution >= 0.6 is 0 Å². The van der Waals surface area contributed by atoms with Gasteiger partial charge in [-0.1, -0.05) is 6.07 Å². The van der Waals surface area contributed by atoms with Crippen LogP contribution in [0.1, 0.15) is 12.0 Å². The molecule has 0 radical (unpaired) electrons. The fourth-order valence-electron chi connectivity index (χ4n) is 2.44. The van der Waals surface area contributed by atoms with E-state index in [0.29, 0.717) is 23.5 Å². The summed E-state index contributed by atoms with van der Waals surface area (Å²) in [4.78, 5) is 12.1. The lowest BCUT2D eigenvalue weighted by Gasteiger charge is -2.13. The third-order valence-corrected chi connectivity index (χ3v) is 3.77. The van der Waals surface area contributed by atoms with Crippen LogP contribution in [-0.4, -0.2) is 32.9 Å². The molecule has 2 rings (SSSR count). The highest BCUT2D eigenvalue weighted by Gasteiger charge is 2.29. The Hall–Kier alpha value is -3.10. The first-order valence-corrected chi connectivity index (χ1v) is 8.31. The molecule has 0 heterocycles. The number of hydrogen-bond acceptors (Lipinski definition) is 5. The third-order valence-electron chi connectivity index (χ3n) is 3.77. The van der Waals surface area contributed by atoms with Gasteiger partial charge >= 0.3 is 6.18 Å². The zero-order valence-corrected chi connectivity index (χ0v) is 15.4. The molecule has 9 heteroatoms. The number of amides is 1. The minimum Gasteiger partial charge on any atom is -0.495 e. The van der Waals surface area contributed by atoms with Gasteiger partial charge in [0.1, 0.15) is 5.75 Å². The minimum absolute atomic E-state index is 0.0123. The van der Waals surface area contributed by atoms with E-state index >= 15 is 0 Å². The molecule has 0 fully saturated rings. The van der Waals surface area contributed by atoms with Crippen LogP contribution in [0.25, 0.3) is 0 Å². The van der Waals surface area contributed by atoms with E-state index < -0.39 is 12.8 Å². The number of nitrogens with two attached hydrogens (primary N) is 1. The van der Waals surface area contributed by atoms with Crippen molar-refractivity contribution in [3.05, 3.63) is 42.0 Å². The molecule has 3 N–H and O–H groups in total. The van der Waals surface area contributed by atoms with Crippen LogP contribution in [0.3, 0.4) is 0 Å². The topological polar surface area (TPSA) is 82.8 Å². The smallest absolute Gasteiger partial charge is 0.422 e. The molecule has 1 amide bonds. The number of methoxy groups -OCH3 is 2. The molecule has 0 aliphatic carbocycles. The van der Waals surface area contributed by atoms with E-state index in [2.05, 4.69) is 5.32 Å². The highest BCUT2D eigenvalue weighted by Crippen LogP contribution is 2.30. The number of carbonyl (C=O) groups is 1. The van der Waals surface area contributed by atoms with Crippen LogP contribution in [0, 0.1) is 0 Å². The Balaban J connectivity index is 1.94. The average molecular weight is 398 g/mol. The first kappa shape index (κ1) is 21.2. The van der Waals surface area contributed by atoms with E-state index in [4.69, 9.17) is 19.9 Å². The van der Waals surface area contributed by atoms with Crippen molar-refractivity contribution >= 4 is 17.3 Å². The van der Waals surface area contributed by atoms with Crippen LogP contribution in [0.2, 0.25) is 0 Å². The van der Waals surface area contributed by atoms with Crippen LogP contribution < -0.4 is 25.3 Å². The maximum atomic E-state index is 12.3. The number of carbonyl (C=O) groups excluding carboxylic acids is 1. The number of benzene rings is 2. The second-order valence-corrected chi connectivity index (χ2v) is 5.89. The van der Waals surface area contributed by atoms with Crippen molar-refractivity contribution in [2.24, 2.45) is 0 Å². The van der Waals surface area contributed by atoms with Crippen molar-refractivity contribution in [2.45, 2.75) is 19.0 Å². The molecule has 0 atom stereocenters. The molecule has 0 aliphatic rings.